The van der Waals surface area contributed by atoms with Gasteiger partial charge in [-0.15, -0.1) is 0 Å². The number of halogens is 1. The summed E-state index contributed by atoms with van der Waals surface area (Å²) in [6.45, 7) is 7.13. The fourth-order valence-electron chi connectivity index (χ4n) is 3.70. The highest BCUT2D eigenvalue weighted by molar-refractivity contribution is 9.10. The third-order valence-electron chi connectivity index (χ3n) is 4.98. The molecule has 1 N–H and O–H groups in total. The number of fused-ring (bicyclic) bond motifs is 1. The van der Waals surface area contributed by atoms with Gasteiger partial charge in [-0.05, 0) is 53.7 Å². The van der Waals surface area contributed by atoms with Gasteiger partial charge in [0.05, 0.1) is 25.5 Å². The molecule has 0 aliphatic heterocycles. The van der Waals surface area contributed by atoms with Crippen molar-refractivity contribution in [1.82, 2.24) is 19.5 Å². The summed E-state index contributed by atoms with van der Waals surface area (Å²) < 4.78 is 8.48. The summed E-state index contributed by atoms with van der Waals surface area (Å²) in [6.07, 6.45) is 7.70. The number of anilines is 1. The molecule has 1 aliphatic carbocycles. The molecule has 0 saturated heterocycles. The minimum atomic E-state index is 0.261. The van der Waals surface area contributed by atoms with E-state index >= 15 is 0 Å². The lowest BCUT2D eigenvalue weighted by molar-refractivity contribution is 0.336. The number of imidazole rings is 1. The highest BCUT2D eigenvalue weighted by atomic mass is 79.9. The Hall–Kier alpha value is -2.66. The van der Waals surface area contributed by atoms with Crippen molar-refractivity contribution in [2.24, 2.45) is 0 Å². The van der Waals surface area contributed by atoms with E-state index < -0.39 is 0 Å². The number of para-hydroxylation sites is 1. The first kappa shape index (κ1) is 17.7. The van der Waals surface area contributed by atoms with Crippen LogP contribution in [-0.4, -0.2) is 32.7 Å². The second-order valence-electron chi connectivity index (χ2n) is 6.62. The maximum Gasteiger partial charge on any atom is 0.264 e. The highest BCUT2D eigenvalue weighted by Crippen LogP contribution is 2.34. The molecular weight excluding hydrogens is 408 g/mol. The van der Waals surface area contributed by atoms with Gasteiger partial charge >= 0.3 is 0 Å². The molecule has 2 atom stereocenters. The zero-order valence-electron chi connectivity index (χ0n) is 14.9. The quantitative estimate of drug-likeness (QED) is 0.609. The normalized spacial score (nSPS) is 19.6. The summed E-state index contributed by atoms with van der Waals surface area (Å²) in [6, 6.07) is 6.81. The van der Waals surface area contributed by atoms with E-state index in [1.54, 1.807) is 0 Å². The van der Waals surface area contributed by atoms with E-state index in [9.17, 15) is 0 Å². The van der Waals surface area contributed by atoms with Gasteiger partial charge < -0.3 is 14.6 Å². The molecule has 1 saturated carbocycles. The third kappa shape index (κ3) is 3.47. The van der Waals surface area contributed by atoms with Crippen LogP contribution >= 0.6 is 15.9 Å². The smallest absolute Gasteiger partial charge is 0.264 e. The summed E-state index contributed by atoms with van der Waals surface area (Å²) in [5, 5.41) is 3.41. The predicted octanol–water partition coefficient (Wildman–Crippen LogP) is 4.74. The van der Waals surface area contributed by atoms with Gasteiger partial charge in [0.25, 0.3) is 5.69 Å². The van der Waals surface area contributed by atoms with Crippen LogP contribution in [0.1, 0.15) is 31.7 Å². The molecule has 0 unspecified atom stereocenters. The number of rotatable bonds is 4. The minimum absolute atomic E-state index is 0.261. The Morgan fingerprint density at radius 3 is 3.04 bits per heavy atom. The van der Waals surface area contributed by atoms with Crippen LogP contribution in [0, 0.1) is 6.57 Å². The van der Waals surface area contributed by atoms with E-state index in [0.29, 0.717) is 23.6 Å². The van der Waals surface area contributed by atoms with Crippen LogP contribution in [0.5, 0.6) is 5.88 Å². The Bertz CT molecular complexity index is 1010. The number of aromatic nitrogens is 4. The summed E-state index contributed by atoms with van der Waals surface area (Å²) in [7, 11) is 1.51. The number of nitrogens with one attached hydrogen (secondary N) is 1. The number of hydrogen-bond donors (Lipinski definition) is 1. The van der Waals surface area contributed by atoms with Gasteiger partial charge in [0.1, 0.15) is 5.52 Å². The third-order valence-corrected chi connectivity index (χ3v) is 5.62. The zero-order valence-corrected chi connectivity index (χ0v) is 16.5. The Labute approximate surface area is 165 Å². The van der Waals surface area contributed by atoms with E-state index in [2.05, 4.69) is 51.7 Å². The summed E-state index contributed by atoms with van der Waals surface area (Å²) in [4.78, 5) is 16.5. The Morgan fingerprint density at radius 1 is 1.33 bits per heavy atom. The molecule has 3 aromatic rings. The number of benzene rings is 1. The molecule has 0 amide bonds. The van der Waals surface area contributed by atoms with E-state index in [-0.39, 0.29) is 6.04 Å². The lowest BCUT2D eigenvalue weighted by Gasteiger charge is -2.31. The Morgan fingerprint density at radius 2 is 2.22 bits per heavy atom. The fraction of sp³-hybridized carbons (Fsp3) is 0.368. The number of methoxy groups -OCH3 is 1. The van der Waals surface area contributed by atoms with Crippen molar-refractivity contribution in [3.8, 4) is 5.88 Å². The van der Waals surface area contributed by atoms with Gasteiger partial charge in [-0.3, -0.25) is 0 Å². The molecule has 2 aromatic heterocycles. The van der Waals surface area contributed by atoms with Gasteiger partial charge in [-0.1, -0.05) is 6.07 Å². The molecular formula is C19H19BrN6O. The molecule has 1 aliphatic rings. The molecule has 0 bridgehead atoms. The molecule has 1 aromatic carbocycles. The van der Waals surface area contributed by atoms with Crippen LogP contribution in [0.4, 0.5) is 11.6 Å². The number of nitrogens with zero attached hydrogens (tertiary/aromatic N) is 5. The average Bonchev–Trinajstić information content (AvgIpc) is 3.13. The largest absolute Gasteiger partial charge is 0.490 e. The number of hydrogen-bond acceptors (Lipinski definition) is 5. The van der Waals surface area contributed by atoms with E-state index in [1.807, 2.05) is 18.5 Å². The van der Waals surface area contributed by atoms with Crippen molar-refractivity contribution in [1.29, 1.82) is 0 Å². The van der Waals surface area contributed by atoms with Gasteiger partial charge in [0.2, 0.25) is 11.8 Å². The van der Waals surface area contributed by atoms with Crippen molar-refractivity contribution < 1.29 is 4.74 Å². The average molecular weight is 427 g/mol. The van der Waals surface area contributed by atoms with Crippen LogP contribution in [0.15, 0.2) is 35.2 Å². The summed E-state index contributed by atoms with van der Waals surface area (Å²) in [5.74, 6) is 0.809. The van der Waals surface area contributed by atoms with Crippen LogP contribution in [-0.2, 0) is 0 Å². The molecule has 27 heavy (non-hydrogen) atoms. The zero-order chi connectivity index (χ0) is 18.8. The van der Waals surface area contributed by atoms with Crippen molar-refractivity contribution in [2.45, 2.75) is 37.8 Å². The first-order chi connectivity index (χ1) is 13.2. The Kier molecular flexibility index (Phi) is 4.94. The monoisotopic (exact) mass is 426 g/mol. The van der Waals surface area contributed by atoms with E-state index in [1.165, 1.54) is 13.3 Å². The van der Waals surface area contributed by atoms with Gasteiger partial charge in [0.15, 0.2) is 0 Å². The highest BCUT2D eigenvalue weighted by Gasteiger charge is 2.25. The second-order valence-corrected chi connectivity index (χ2v) is 7.48. The topological polar surface area (TPSA) is 69.2 Å². The molecule has 4 rings (SSSR count). The minimum Gasteiger partial charge on any atom is -0.490 e. The van der Waals surface area contributed by atoms with Crippen LogP contribution in [0.2, 0.25) is 0 Å². The number of ether oxygens (including phenoxy) is 1. The van der Waals surface area contributed by atoms with Crippen molar-refractivity contribution >= 4 is 38.6 Å². The predicted molar refractivity (Wildman–Crippen MR) is 107 cm³/mol. The van der Waals surface area contributed by atoms with Crippen LogP contribution in [0.25, 0.3) is 15.9 Å². The first-order valence-electron chi connectivity index (χ1n) is 8.85. The van der Waals surface area contributed by atoms with Crippen molar-refractivity contribution in [3.05, 3.63) is 46.6 Å². The SMILES string of the molecule is [C-]#[N+]c1cnc(N[C@@H]2CCC[C@H](n3cnc4c(Br)cccc43)C2)nc1OC. The van der Waals surface area contributed by atoms with Crippen LogP contribution in [0.3, 0.4) is 0 Å². The van der Waals surface area contributed by atoms with Crippen LogP contribution < -0.4 is 10.1 Å². The van der Waals surface area contributed by atoms with Gasteiger partial charge in [-0.25, -0.2) is 14.8 Å². The fourth-order valence-corrected chi connectivity index (χ4v) is 4.16. The van der Waals surface area contributed by atoms with Gasteiger partial charge in [-0.2, -0.15) is 4.98 Å². The van der Waals surface area contributed by atoms with Crippen molar-refractivity contribution in [3.63, 3.8) is 0 Å². The molecule has 7 nitrogen and oxygen atoms in total. The second kappa shape index (κ2) is 7.53. The van der Waals surface area contributed by atoms with E-state index in [4.69, 9.17) is 11.3 Å². The molecule has 0 spiro atoms. The molecule has 1 fully saturated rings. The first-order valence-corrected chi connectivity index (χ1v) is 9.65. The van der Waals surface area contributed by atoms with Crippen molar-refractivity contribution in [2.75, 3.05) is 12.4 Å². The standard InChI is InChI=1S/C19H19BrN6O/c1-21-15-10-22-19(25-18(15)27-2)24-12-5-3-6-13(9-12)26-11-23-17-14(20)7-4-8-16(17)26/h4,7-8,10-13H,3,5-6,9H2,2H3,(H,22,24,25)/t12-,13+/m1/s1. The molecule has 2 heterocycles. The van der Waals surface area contributed by atoms with E-state index in [0.717, 1.165) is 41.2 Å². The maximum atomic E-state index is 7.13. The molecule has 138 valence electrons. The lowest BCUT2D eigenvalue weighted by Crippen LogP contribution is -2.29. The lowest BCUT2D eigenvalue weighted by atomic mass is 9.90. The summed E-state index contributed by atoms with van der Waals surface area (Å²) >= 11 is 3.58. The van der Waals surface area contributed by atoms with Gasteiger partial charge in [0, 0.05) is 22.8 Å². The maximum absolute atomic E-state index is 7.13. The Balaban J connectivity index is 1.53. The molecule has 0 radical (unpaired) electrons. The molecule has 8 heteroatoms. The summed E-state index contributed by atoms with van der Waals surface area (Å²) in [5.41, 5.74) is 2.46.